The van der Waals surface area contributed by atoms with E-state index < -0.39 is 5.41 Å². The van der Waals surface area contributed by atoms with Gasteiger partial charge in [0.15, 0.2) is 0 Å². The summed E-state index contributed by atoms with van der Waals surface area (Å²) in [5.74, 6) is 1.05. The number of allylic oxidation sites excluding steroid dienone is 1. The molecule has 1 fully saturated rings. The summed E-state index contributed by atoms with van der Waals surface area (Å²) in [4.78, 5) is 14.9. The monoisotopic (exact) mass is 392 g/mol. The van der Waals surface area contributed by atoms with Crippen LogP contribution in [0.4, 0.5) is 10.1 Å². The minimum absolute atomic E-state index is 0.0265. The quantitative estimate of drug-likeness (QED) is 0.839. The van der Waals surface area contributed by atoms with Crippen LogP contribution in [-0.2, 0) is 16.8 Å². The smallest absolute Gasteiger partial charge is 0.238 e. The van der Waals surface area contributed by atoms with Crippen LogP contribution in [0.1, 0.15) is 42.9 Å². The van der Waals surface area contributed by atoms with Crippen LogP contribution in [0.25, 0.3) is 5.70 Å². The molecule has 1 aliphatic carbocycles. The van der Waals surface area contributed by atoms with Crippen molar-refractivity contribution in [3.8, 4) is 5.75 Å². The van der Waals surface area contributed by atoms with Gasteiger partial charge in [0, 0.05) is 17.8 Å². The second-order valence-electron chi connectivity index (χ2n) is 8.52. The third kappa shape index (κ3) is 2.91. The lowest BCUT2D eigenvalue weighted by Crippen LogP contribution is -2.31. The molecule has 1 saturated carbocycles. The van der Waals surface area contributed by atoms with Crippen LogP contribution in [0.5, 0.6) is 5.75 Å². The average Bonchev–Trinajstić information content (AvgIpc) is 3.50. The summed E-state index contributed by atoms with van der Waals surface area (Å²) in [6, 6.07) is 11.2. The van der Waals surface area contributed by atoms with Gasteiger partial charge in [0.2, 0.25) is 5.91 Å². The number of benzene rings is 2. The van der Waals surface area contributed by atoms with E-state index in [9.17, 15) is 4.79 Å². The first kappa shape index (κ1) is 18.2. The molecule has 1 N–H and O–H groups in total. The first-order valence-electron chi connectivity index (χ1n) is 10.2. The molecule has 0 bridgehead atoms. The first-order chi connectivity index (χ1) is 14.0. The van der Waals surface area contributed by atoms with E-state index in [1.54, 1.807) is 18.1 Å². The first-order valence-corrected chi connectivity index (χ1v) is 10.2. The van der Waals surface area contributed by atoms with Gasteiger partial charge >= 0.3 is 0 Å². The molecular formula is C24H25FN2O2. The Hall–Kier alpha value is -2.82. The predicted octanol–water partition coefficient (Wildman–Crippen LogP) is 4.38. The number of methoxy groups -OCH3 is 1. The van der Waals surface area contributed by atoms with Crippen LogP contribution in [0.15, 0.2) is 42.5 Å². The maximum absolute atomic E-state index is 15.3. The molecule has 5 rings (SSSR count). The fourth-order valence-corrected chi connectivity index (χ4v) is 4.52. The summed E-state index contributed by atoms with van der Waals surface area (Å²) < 4.78 is 20.5. The van der Waals surface area contributed by atoms with Crippen LogP contribution < -0.4 is 15.0 Å². The summed E-state index contributed by atoms with van der Waals surface area (Å²) in [6.07, 6.45) is 4.71. The molecule has 1 spiro atoms. The molecule has 150 valence electrons. The fraction of sp³-hybridized carbons (Fsp3) is 0.375. The molecule has 2 aromatic rings. The molecule has 29 heavy (non-hydrogen) atoms. The van der Waals surface area contributed by atoms with Crippen molar-refractivity contribution in [3.63, 3.8) is 0 Å². The van der Waals surface area contributed by atoms with Gasteiger partial charge in [0.25, 0.3) is 0 Å². The number of hydrogen-bond acceptors (Lipinski definition) is 3. The lowest BCUT2D eigenvalue weighted by atomic mass is 9.93. The Morgan fingerprint density at radius 2 is 2.00 bits per heavy atom. The molecule has 0 radical (unpaired) electrons. The Bertz CT molecular complexity index is 1010. The van der Waals surface area contributed by atoms with Crippen molar-refractivity contribution in [2.75, 3.05) is 18.6 Å². The van der Waals surface area contributed by atoms with Gasteiger partial charge < -0.3 is 15.0 Å². The standard InChI is InChI=1S/C24H25FN2O2/c1-15-3-8-21(26-13-15)17-11-19-22(20(25)12-17)27(23(28)24(19)9-10-24)14-16-4-6-18(29-2)7-5-16/h4-8,11-12,15,26H,3,9-10,13-14H2,1-2H3. The zero-order valence-corrected chi connectivity index (χ0v) is 16.8. The number of rotatable bonds is 4. The molecule has 4 nitrogen and oxygen atoms in total. The second-order valence-corrected chi connectivity index (χ2v) is 8.52. The van der Waals surface area contributed by atoms with Crippen molar-refractivity contribution >= 4 is 17.3 Å². The van der Waals surface area contributed by atoms with Crippen LogP contribution in [0.3, 0.4) is 0 Å². The molecule has 2 aromatic carbocycles. The van der Waals surface area contributed by atoms with Crippen LogP contribution in [0, 0.1) is 11.7 Å². The number of anilines is 1. The van der Waals surface area contributed by atoms with Gasteiger partial charge in [0.05, 0.1) is 24.8 Å². The highest BCUT2D eigenvalue weighted by atomic mass is 19.1. The van der Waals surface area contributed by atoms with Crippen molar-refractivity contribution in [2.45, 2.75) is 38.1 Å². The van der Waals surface area contributed by atoms with Gasteiger partial charge in [-0.25, -0.2) is 4.39 Å². The highest BCUT2D eigenvalue weighted by Gasteiger charge is 2.60. The van der Waals surface area contributed by atoms with E-state index in [1.165, 1.54) is 0 Å². The highest BCUT2D eigenvalue weighted by Crippen LogP contribution is 2.58. The summed E-state index contributed by atoms with van der Waals surface area (Å²) >= 11 is 0. The molecule has 1 unspecified atom stereocenters. The Kier molecular flexibility index (Phi) is 4.16. The predicted molar refractivity (Wildman–Crippen MR) is 111 cm³/mol. The summed E-state index contributed by atoms with van der Waals surface area (Å²) in [5.41, 5.74) is 3.56. The number of carbonyl (C=O) groups is 1. The Morgan fingerprint density at radius 1 is 1.24 bits per heavy atom. The molecule has 1 amide bonds. The normalized spacial score (nSPS) is 21.6. The molecule has 0 aromatic heterocycles. The summed E-state index contributed by atoms with van der Waals surface area (Å²) in [5, 5.41) is 3.41. The molecule has 3 aliphatic rings. The zero-order chi connectivity index (χ0) is 20.2. The minimum atomic E-state index is -0.527. The number of nitrogens with zero attached hydrogens (tertiary/aromatic N) is 1. The van der Waals surface area contributed by atoms with Gasteiger partial charge in [-0.15, -0.1) is 0 Å². The van der Waals surface area contributed by atoms with Gasteiger partial charge in [0.1, 0.15) is 11.6 Å². The van der Waals surface area contributed by atoms with Crippen molar-refractivity contribution in [3.05, 3.63) is 65.0 Å². The van der Waals surface area contributed by atoms with Crippen LogP contribution in [0.2, 0.25) is 0 Å². The number of nitrogens with one attached hydrogen (secondary N) is 1. The summed E-state index contributed by atoms with van der Waals surface area (Å²) in [6.45, 7) is 3.45. The van der Waals surface area contributed by atoms with Crippen molar-refractivity contribution in [1.29, 1.82) is 0 Å². The minimum Gasteiger partial charge on any atom is -0.497 e. The van der Waals surface area contributed by atoms with E-state index in [4.69, 9.17) is 4.74 Å². The number of fused-ring (bicyclic) bond motifs is 2. The van der Waals surface area contributed by atoms with Crippen LogP contribution in [-0.4, -0.2) is 19.6 Å². The topological polar surface area (TPSA) is 41.6 Å². The maximum Gasteiger partial charge on any atom is 0.238 e. The van der Waals surface area contributed by atoms with Gasteiger partial charge in [-0.3, -0.25) is 4.79 Å². The molecule has 0 saturated heterocycles. The van der Waals surface area contributed by atoms with E-state index >= 15 is 4.39 Å². The van der Waals surface area contributed by atoms with Crippen molar-refractivity contribution in [1.82, 2.24) is 5.32 Å². The second kappa shape index (κ2) is 6.61. The Labute approximate surface area is 170 Å². The molecule has 2 aliphatic heterocycles. The lowest BCUT2D eigenvalue weighted by Gasteiger charge is -2.22. The van der Waals surface area contributed by atoms with Gasteiger partial charge in [-0.2, -0.15) is 0 Å². The fourth-order valence-electron chi connectivity index (χ4n) is 4.52. The molecular weight excluding hydrogens is 367 g/mol. The van der Waals surface area contributed by atoms with E-state index in [0.29, 0.717) is 18.2 Å². The Morgan fingerprint density at radius 3 is 2.62 bits per heavy atom. The van der Waals surface area contributed by atoms with E-state index in [-0.39, 0.29) is 11.7 Å². The number of carbonyl (C=O) groups excluding carboxylic acids is 1. The number of amides is 1. The molecule has 5 heteroatoms. The highest BCUT2D eigenvalue weighted by molar-refractivity contribution is 6.10. The Balaban J connectivity index is 1.52. The third-order valence-corrected chi connectivity index (χ3v) is 6.43. The lowest BCUT2D eigenvalue weighted by molar-refractivity contribution is -0.120. The zero-order valence-electron chi connectivity index (χ0n) is 16.8. The number of halogens is 1. The maximum atomic E-state index is 15.3. The van der Waals surface area contributed by atoms with Crippen LogP contribution >= 0.6 is 0 Å². The van der Waals surface area contributed by atoms with Gasteiger partial charge in [-0.1, -0.05) is 25.1 Å². The largest absolute Gasteiger partial charge is 0.497 e. The van der Waals surface area contributed by atoms with Crippen molar-refractivity contribution in [2.24, 2.45) is 5.92 Å². The van der Waals surface area contributed by atoms with E-state index in [1.807, 2.05) is 30.3 Å². The number of ether oxygens (including phenoxy) is 1. The number of hydrogen-bond donors (Lipinski definition) is 1. The van der Waals surface area contributed by atoms with Crippen molar-refractivity contribution < 1.29 is 13.9 Å². The molecule has 1 atom stereocenters. The molecule has 2 heterocycles. The average molecular weight is 392 g/mol. The summed E-state index contributed by atoms with van der Waals surface area (Å²) in [7, 11) is 1.62. The van der Waals surface area contributed by atoms with Gasteiger partial charge in [-0.05, 0) is 60.6 Å². The van der Waals surface area contributed by atoms with E-state index in [2.05, 4.69) is 18.3 Å². The third-order valence-electron chi connectivity index (χ3n) is 6.43. The SMILES string of the molecule is COc1ccc(CN2C(=O)C3(CC3)c3cc(C4=CCC(C)CN4)cc(F)c32)cc1. The van der Waals surface area contributed by atoms with E-state index in [0.717, 1.165) is 53.9 Å².